The van der Waals surface area contributed by atoms with Crippen molar-refractivity contribution in [3.05, 3.63) is 35.9 Å². The van der Waals surface area contributed by atoms with Crippen LogP contribution in [0.25, 0.3) is 0 Å². The van der Waals surface area contributed by atoms with Crippen molar-refractivity contribution < 1.29 is 14.7 Å². The number of carboxylic acids is 1. The lowest BCUT2D eigenvalue weighted by Crippen LogP contribution is -2.45. The number of carboxylic acid groups (broad SMARTS) is 1. The molecule has 1 aromatic carbocycles. The topological polar surface area (TPSA) is 83.6 Å². The van der Waals surface area contributed by atoms with Crippen LogP contribution in [-0.2, 0) is 16.0 Å². The maximum atomic E-state index is 12.0. The molecule has 0 saturated carbocycles. The van der Waals surface area contributed by atoms with E-state index in [1.807, 2.05) is 30.3 Å². The van der Waals surface area contributed by atoms with Gasteiger partial charge in [0.2, 0.25) is 5.91 Å². The van der Waals surface area contributed by atoms with Gasteiger partial charge in [0.1, 0.15) is 6.54 Å². The van der Waals surface area contributed by atoms with E-state index in [9.17, 15) is 9.59 Å². The summed E-state index contributed by atoms with van der Waals surface area (Å²) in [6, 6.07) is 9.11. The second-order valence-corrected chi connectivity index (χ2v) is 4.38. The number of benzene rings is 1. The van der Waals surface area contributed by atoms with Crippen molar-refractivity contribution in [3.8, 4) is 0 Å². The number of nitrogens with two attached hydrogens (primary N) is 1. The highest BCUT2D eigenvalue weighted by atomic mass is 16.4. The molecule has 1 rings (SSSR count). The third-order valence-electron chi connectivity index (χ3n) is 2.92. The predicted molar refractivity (Wildman–Crippen MR) is 72.6 cm³/mol. The molecule has 0 aliphatic rings. The van der Waals surface area contributed by atoms with E-state index in [0.717, 1.165) is 5.56 Å². The molecule has 0 heterocycles. The zero-order chi connectivity index (χ0) is 14.3. The van der Waals surface area contributed by atoms with Crippen LogP contribution in [0.2, 0.25) is 0 Å². The third-order valence-corrected chi connectivity index (χ3v) is 2.92. The number of carbonyl (C=O) groups excluding carboxylic acids is 1. The zero-order valence-electron chi connectivity index (χ0n) is 11.1. The number of hydrogen-bond acceptors (Lipinski definition) is 3. The fourth-order valence-electron chi connectivity index (χ4n) is 1.83. The van der Waals surface area contributed by atoms with Crippen LogP contribution in [0.3, 0.4) is 0 Å². The van der Waals surface area contributed by atoms with Gasteiger partial charge in [0.25, 0.3) is 0 Å². The zero-order valence-corrected chi connectivity index (χ0v) is 11.1. The number of aryl methyl sites for hydroxylation is 1. The van der Waals surface area contributed by atoms with Gasteiger partial charge < -0.3 is 15.7 Å². The SMILES string of the molecule is CCN(CC(=O)O)C(=O)[C@@H](N)CCc1ccccc1. The molecule has 0 aliphatic carbocycles. The molecule has 5 heteroatoms. The lowest BCUT2D eigenvalue weighted by Gasteiger charge is -2.22. The molecule has 0 bridgehead atoms. The van der Waals surface area contributed by atoms with Crippen molar-refractivity contribution in [2.45, 2.75) is 25.8 Å². The summed E-state index contributed by atoms with van der Waals surface area (Å²) in [5, 5.41) is 8.72. The van der Waals surface area contributed by atoms with E-state index in [1.54, 1.807) is 6.92 Å². The Hall–Kier alpha value is -1.88. The summed E-state index contributed by atoms with van der Waals surface area (Å²) in [6.45, 7) is 1.79. The maximum Gasteiger partial charge on any atom is 0.323 e. The molecule has 104 valence electrons. The summed E-state index contributed by atoms with van der Waals surface area (Å²) in [6.07, 6.45) is 1.22. The standard InChI is InChI=1S/C14H20N2O3/c1-2-16(10-13(17)18)14(19)12(15)9-8-11-6-4-3-5-7-11/h3-7,12H,2,8-10,15H2,1H3,(H,17,18)/t12-/m0/s1. The molecule has 0 radical (unpaired) electrons. The molecule has 3 N–H and O–H groups in total. The average Bonchev–Trinajstić information content (AvgIpc) is 2.42. The number of carbonyl (C=O) groups is 2. The second-order valence-electron chi connectivity index (χ2n) is 4.38. The minimum absolute atomic E-state index is 0.297. The van der Waals surface area contributed by atoms with E-state index < -0.39 is 12.0 Å². The highest BCUT2D eigenvalue weighted by Gasteiger charge is 2.21. The Bertz CT molecular complexity index is 420. The molecule has 0 aliphatic heterocycles. The van der Waals surface area contributed by atoms with E-state index in [1.165, 1.54) is 4.90 Å². The van der Waals surface area contributed by atoms with Gasteiger partial charge in [-0.15, -0.1) is 0 Å². The Morgan fingerprint density at radius 2 is 1.95 bits per heavy atom. The van der Waals surface area contributed by atoms with Gasteiger partial charge in [0.05, 0.1) is 6.04 Å². The summed E-state index contributed by atoms with van der Waals surface area (Å²) in [5.74, 6) is -1.33. The fraction of sp³-hybridized carbons (Fsp3) is 0.429. The summed E-state index contributed by atoms with van der Waals surface area (Å²) in [7, 11) is 0. The van der Waals surface area contributed by atoms with Crippen LogP contribution >= 0.6 is 0 Å². The van der Waals surface area contributed by atoms with Crippen molar-refractivity contribution in [2.75, 3.05) is 13.1 Å². The van der Waals surface area contributed by atoms with Gasteiger partial charge in [-0.1, -0.05) is 30.3 Å². The fourth-order valence-corrected chi connectivity index (χ4v) is 1.83. The lowest BCUT2D eigenvalue weighted by molar-refractivity contribution is -0.144. The van der Waals surface area contributed by atoms with Gasteiger partial charge >= 0.3 is 5.97 Å². The maximum absolute atomic E-state index is 12.0. The van der Waals surface area contributed by atoms with Crippen LogP contribution in [0.1, 0.15) is 18.9 Å². The summed E-state index contributed by atoms with van der Waals surface area (Å²) >= 11 is 0. The normalized spacial score (nSPS) is 11.9. The van der Waals surface area contributed by atoms with Gasteiger partial charge in [-0.25, -0.2) is 0 Å². The first-order valence-corrected chi connectivity index (χ1v) is 6.34. The predicted octanol–water partition coefficient (Wildman–Crippen LogP) is 0.880. The van der Waals surface area contributed by atoms with Crippen molar-refractivity contribution in [2.24, 2.45) is 5.73 Å². The molecular weight excluding hydrogens is 244 g/mol. The summed E-state index contributed by atoms with van der Waals surface area (Å²) < 4.78 is 0. The molecule has 19 heavy (non-hydrogen) atoms. The highest BCUT2D eigenvalue weighted by Crippen LogP contribution is 2.06. The van der Waals surface area contributed by atoms with Crippen LogP contribution in [0.15, 0.2) is 30.3 Å². The highest BCUT2D eigenvalue weighted by molar-refractivity contribution is 5.85. The van der Waals surface area contributed by atoms with Crippen molar-refractivity contribution in [3.63, 3.8) is 0 Å². The molecule has 1 aromatic rings. The van der Waals surface area contributed by atoms with Crippen molar-refractivity contribution >= 4 is 11.9 Å². The van der Waals surface area contributed by atoms with Crippen molar-refractivity contribution in [1.82, 2.24) is 4.90 Å². The van der Waals surface area contributed by atoms with Gasteiger partial charge in [0, 0.05) is 6.54 Å². The second kappa shape index (κ2) is 7.53. The Morgan fingerprint density at radius 1 is 1.32 bits per heavy atom. The van der Waals surface area contributed by atoms with Crippen LogP contribution in [-0.4, -0.2) is 41.0 Å². The van der Waals surface area contributed by atoms with E-state index in [0.29, 0.717) is 19.4 Å². The first-order chi connectivity index (χ1) is 9.04. The quantitative estimate of drug-likeness (QED) is 0.765. The number of hydrogen-bond donors (Lipinski definition) is 2. The van der Waals surface area contributed by atoms with Gasteiger partial charge in [-0.05, 0) is 25.3 Å². The van der Waals surface area contributed by atoms with E-state index in [4.69, 9.17) is 10.8 Å². The summed E-state index contributed by atoms with van der Waals surface area (Å²) in [4.78, 5) is 23.9. The van der Waals surface area contributed by atoms with E-state index in [2.05, 4.69) is 0 Å². The Balaban J connectivity index is 2.49. The molecule has 0 saturated heterocycles. The molecule has 1 amide bonds. The van der Waals surface area contributed by atoms with Crippen molar-refractivity contribution in [1.29, 1.82) is 0 Å². The summed E-state index contributed by atoms with van der Waals surface area (Å²) in [5.41, 5.74) is 6.95. The monoisotopic (exact) mass is 264 g/mol. The minimum Gasteiger partial charge on any atom is -0.480 e. The Morgan fingerprint density at radius 3 is 2.47 bits per heavy atom. The first-order valence-electron chi connectivity index (χ1n) is 6.34. The molecular formula is C14H20N2O3. The smallest absolute Gasteiger partial charge is 0.323 e. The minimum atomic E-state index is -1.02. The van der Waals surface area contributed by atoms with Crippen LogP contribution in [0.4, 0.5) is 0 Å². The molecule has 0 spiro atoms. The largest absolute Gasteiger partial charge is 0.480 e. The van der Waals surface area contributed by atoms with Gasteiger partial charge in [0.15, 0.2) is 0 Å². The lowest BCUT2D eigenvalue weighted by atomic mass is 10.0. The molecule has 0 unspecified atom stereocenters. The number of aliphatic carboxylic acids is 1. The number of likely N-dealkylation sites (N-methyl/N-ethyl adjacent to an activating group) is 1. The Labute approximate surface area is 113 Å². The van der Waals surface area contributed by atoms with Crippen LogP contribution in [0, 0.1) is 0 Å². The third kappa shape index (κ3) is 5.09. The molecule has 1 atom stereocenters. The molecule has 0 fully saturated rings. The van der Waals surface area contributed by atoms with E-state index in [-0.39, 0.29) is 12.5 Å². The Kier molecular flexibility index (Phi) is 6.02. The first kappa shape index (κ1) is 15.2. The van der Waals surface area contributed by atoms with Gasteiger partial charge in [-0.3, -0.25) is 9.59 Å². The molecule has 0 aromatic heterocycles. The number of amides is 1. The average molecular weight is 264 g/mol. The van der Waals surface area contributed by atoms with Crippen LogP contribution < -0.4 is 5.73 Å². The van der Waals surface area contributed by atoms with Crippen LogP contribution in [0.5, 0.6) is 0 Å². The molecule has 5 nitrogen and oxygen atoms in total. The van der Waals surface area contributed by atoms with Gasteiger partial charge in [-0.2, -0.15) is 0 Å². The van der Waals surface area contributed by atoms with E-state index >= 15 is 0 Å². The number of nitrogens with zero attached hydrogens (tertiary/aromatic N) is 1. The number of rotatable bonds is 7.